The van der Waals surface area contributed by atoms with Gasteiger partial charge in [-0.3, -0.25) is 9.59 Å². The number of carbonyl (C=O) groups excluding carboxylic acids is 2. The largest absolute Gasteiger partial charge is 0.357 e. The minimum atomic E-state index is -3.89. The third-order valence-electron chi connectivity index (χ3n) is 6.10. The van der Waals surface area contributed by atoms with Crippen LogP contribution in [0.25, 0.3) is 10.1 Å². The van der Waals surface area contributed by atoms with Gasteiger partial charge in [-0.05, 0) is 23.6 Å². The Morgan fingerprint density at radius 1 is 1.20 bits per heavy atom. The predicted octanol–water partition coefficient (Wildman–Crippen LogP) is 2.02. The van der Waals surface area contributed by atoms with Crippen molar-refractivity contribution < 1.29 is 23.2 Å². The minimum Gasteiger partial charge on any atom is -0.357 e. The third kappa shape index (κ3) is 4.57. The van der Waals surface area contributed by atoms with Gasteiger partial charge in [0.2, 0.25) is 5.91 Å². The van der Waals surface area contributed by atoms with Crippen molar-refractivity contribution >= 4 is 66.2 Å². The van der Waals surface area contributed by atoms with E-state index in [9.17, 15) is 23.2 Å². The first kappa shape index (κ1) is 24.6. The van der Waals surface area contributed by atoms with Gasteiger partial charge in [-0.2, -0.15) is 9.37 Å². The molecule has 2 aliphatic heterocycles. The predicted molar refractivity (Wildman–Crippen MR) is 132 cm³/mol. The van der Waals surface area contributed by atoms with E-state index >= 15 is 0 Å². The zero-order valence-corrected chi connectivity index (χ0v) is 21.8. The van der Waals surface area contributed by atoms with Crippen LogP contribution in [0.3, 0.4) is 0 Å². The van der Waals surface area contributed by atoms with Crippen molar-refractivity contribution in [2.75, 3.05) is 33.2 Å². The van der Waals surface area contributed by atoms with Crippen LogP contribution in [0.2, 0.25) is 5.02 Å². The van der Waals surface area contributed by atoms with Crippen LogP contribution in [0.1, 0.15) is 20.4 Å². The first-order valence-corrected chi connectivity index (χ1v) is 14.3. The smallest absolute Gasteiger partial charge is 0.283 e. The second-order valence-corrected chi connectivity index (χ2v) is 13.0. The first-order chi connectivity index (χ1) is 16.7. The minimum absolute atomic E-state index is 0.0449. The van der Waals surface area contributed by atoms with Crippen LogP contribution in [0.5, 0.6) is 0 Å². The summed E-state index contributed by atoms with van der Waals surface area (Å²) < 4.78 is 29.0. The summed E-state index contributed by atoms with van der Waals surface area (Å²) in [6, 6.07) is 5.78. The first-order valence-electron chi connectivity index (χ1n) is 10.8. The summed E-state index contributed by atoms with van der Waals surface area (Å²) in [4.78, 5) is 32.7. The molecule has 1 saturated heterocycles. The van der Waals surface area contributed by atoms with Crippen molar-refractivity contribution in [2.45, 2.75) is 23.2 Å². The Bertz CT molecular complexity index is 1420. The van der Waals surface area contributed by atoms with Crippen molar-refractivity contribution in [2.24, 2.45) is 0 Å². The van der Waals surface area contributed by atoms with Crippen LogP contribution in [0.15, 0.2) is 28.5 Å². The maximum atomic E-state index is 13.4. The van der Waals surface area contributed by atoms with Gasteiger partial charge in [0.25, 0.3) is 15.9 Å². The van der Waals surface area contributed by atoms with Crippen LogP contribution in [-0.4, -0.2) is 84.0 Å². The molecule has 1 unspecified atom stereocenters. The van der Waals surface area contributed by atoms with Gasteiger partial charge in [0.15, 0.2) is 5.01 Å². The number of benzene rings is 1. The Morgan fingerprint density at radius 2 is 2.00 bits per heavy atom. The van der Waals surface area contributed by atoms with E-state index in [2.05, 4.69) is 10.3 Å². The summed E-state index contributed by atoms with van der Waals surface area (Å²) in [5, 5.41) is 15.0. The number of likely N-dealkylation sites (N-methyl/N-ethyl adjacent to an activating group) is 1. The fourth-order valence-corrected chi connectivity index (χ4v) is 8.58. The quantitative estimate of drug-likeness (QED) is 0.505. The van der Waals surface area contributed by atoms with Crippen molar-refractivity contribution in [3.8, 4) is 0 Å². The number of nitrogens with one attached hydrogen (secondary N) is 1. The SMILES string of the molecule is CNC(=O)C1CN(S(=O)(=O)c2cc3ccc(Cl)cc3s2)CCN1C(=O)c1nc2c(s1)CN(O)CC2. The summed E-state index contributed by atoms with van der Waals surface area (Å²) in [5.74, 6) is -0.875. The van der Waals surface area contributed by atoms with E-state index in [1.165, 1.54) is 32.7 Å². The number of thiazole rings is 1. The number of hydrogen-bond donors (Lipinski definition) is 2. The van der Waals surface area contributed by atoms with Crippen molar-refractivity contribution in [1.82, 2.24) is 24.6 Å². The van der Waals surface area contributed by atoms with E-state index in [0.29, 0.717) is 24.5 Å². The fourth-order valence-electron chi connectivity index (χ4n) is 4.24. The van der Waals surface area contributed by atoms with E-state index in [-0.39, 0.29) is 28.9 Å². The van der Waals surface area contributed by atoms with E-state index in [1.807, 2.05) is 0 Å². The normalized spacial score (nSPS) is 19.6. The number of sulfonamides is 1. The Hall–Kier alpha value is -2.13. The highest BCUT2D eigenvalue weighted by molar-refractivity contribution is 7.91. The molecular formula is C21H22ClN5O5S3. The Morgan fingerprint density at radius 3 is 2.77 bits per heavy atom. The molecule has 5 rings (SSSR count). The van der Waals surface area contributed by atoms with Crippen LogP contribution < -0.4 is 5.32 Å². The standard InChI is InChI=1S/C21H22ClN5O5S3/c1-23-19(28)15-10-26(35(31,32)18-8-12-2-3-13(22)9-16(12)33-18)6-7-27(15)21(29)20-24-14-4-5-25(30)11-17(14)34-20/h2-3,8-9,15,30H,4-7,10-11H2,1H3,(H,23,28). The van der Waals surface area contributed by atoms with Crippen LogP contribution in [0.4, 0.5) is 0 Å². The Labute approximate surface area is 214 Å². The summed E-state index contributed by atoms with van der Waals surface area (Å²) >= 11 is 8.35. The number of piperazine rings is 1. The van der Waals surface area contributed by atoms with Crippen molar-refractivity contribution in [1.29, 1.82) is 0 Å². The molecule has 1 aromatic carbocycles. The van der Waals surface area contributed by atoms with Gasteiger partial charge in [-0.15, -0.1) is 22.7 Å². The average molecular weight is 556 g/mol. The lowest BCUT2D eigenvalue weighted by atomic mass is 10.1. The van der Waals surface area contributed by atoms with E-state index < -0.39 is 27.9 Å². The molecule has 2 aliphatic rings. The number of amides is 2. The van der Waals surface area contributed by atoms with Crippen LogP contribution >= 0.6 is 34.3 Å². The summed E-state index contributed by atoms with van der Waals surface area (Å²) in [6.07, 6.45) is 0.529. The number of nitrogens with zero attached hydrogens (tertiary/aromatic N) is 4. The van der Waals surface area contributed by atoms with Gasteiger partial charge >= 0.3 is 0 Å². The Kier molecular flexibility index (Phi) is 6.59. The molecule has 2 amide bonds. The molecule has 0 spiro atoms. The molecular weight excluding hydrogens is 534 g/mol. The van der Waals surface area contributed by atoms with Gasteiger partial charge < -0.3 is 15.4 Å². The number of aromatic nitrogens is 1. The molecule has 0 bridgehead atoms. The molecule has 186 valence electrons. The highest BCUT2D eigenvalue weighted by atomic mass is 35.5. The van der Waals surface area contributed by atoms with Gasteiger partial charge in [-0.25, -0.2) is 13.4 Å². The van der Waals surface area contributed by atoms with E-state index in [4.69, 9.17) is 11.6 Å². The molecule has 2 N–H and O–H groups in total. The molecule has 2 aromatic heterocycles. The number of thiophene rings is 1. The van der Waals surface area contributed by atoms with Gasteiger partial charge in [0, 0.05) is 54.2 Å². The molecule has 1 fully saturated rings. The highest BCUT2D eigenvalue weighted by Crippen LogP contribution is 2.34. The maximum absolute atomic E-state index is 13.4. The second kappa shape index (κ2) is 9.39. The third-order valence-corrected chi connectivity index (χ3v) is 10.8. The summed E-state index contributed by atoms with van der Waals surface area (Å²) in [7, 11) is -2.44. The van der Waals surface area contributed by atoms with Crippen molar-refractivity contribution in [3.05, 3.63) is 44.9 Å². The van der Waals surface area contributed by atoms with Gasteiger partial charge in [0.1, 0.15) is 10.3 Å². The van der Waals surface area contributed by atoms with Crippen molar-refractivity contribution in [3.63, 3.8) is 0 Å². The number of hydrogen-bond acceptors (Lipinski definition) is 9. The number of fused-ring (bicyclic) bond motifs is 2. The molecule has 4 heterocycles. The van der Waals surface area contributed by atoms with E-state index in [1.54, 1.807) is 24.3 Å². The number of rotatable bonds is 4. The molecule has 14 heteroatoms. The molecule has 10 nitrogen and oxygen atoms in total. The monoisotopic (exact) mass is 555 g/mol. The number of hydroxylamine groups is 2. The lowest BCUT2D eigenvalue weighted by Crippen LogP contribution is -2.61. The number of halogens is 1. The second-order valence-electron chi connectivity index (χ2n) is 8.27. The molecule has 0 aliphatic carbocycles. The van der Waals surface area contributed by atoms with E-state index in [0.717, 1.165) is 32.0 Å². The highest BCUT2D eigenvalue weighted by Gasteiger charge is 2.41. The van der Waals surface area contributed by atoms with Gasteiger partial charge in [-0.1, -0.05) is 17.7 Å². The fraction of sp³-hybridized carbons (Fsp3) is 0.381. The average Bonchev–Trinajstić information content (AvgIpc) is 3.46. The maximum Gasteiger partial charge on any atom is 0.283 e. The lowest BCUT2D eigenvalue weighted by Gasteiger charge is -2.39. The topological polar surface area (TPSA) is 123 Å². The molecule has 0 saturated carbocycles. The van der Waals surface area contributed by atoms with Crippen LogP contribution in [-0.2, 0) is 27.8 Å². The molecule has 0 radical (unpaired) electrons. The van der Waals surface area contributed by atoms with Crippen LogP contribution in [0, 0.1) is 0 Å². The molecule has 3 aromatic rings. The molecule has 35 heavy (non-hydrogen) atoms. The molecule has 1 atom stereocenters. The zero-order chi connectivity index (χ0) is 24.9. The zero-order valence-electron chi connectivity index (χ0n) is 18.6. The summed E-state index contributed by atoms with van der Waals surface area (Å²) in [6.45, 7) is 0.658. The number of carbonyl (C=O) groups is 2. The van der Waals surface area contributed by atoms with Gasteiger partial charge in [0.05, 0.1) is 12.2 Å². The Balaban J connectivity index is 1.40. The summed E-state index contributed by atoms with van der Waals surface area (Å²) in [5.41, 5.74) is 0.770. The lowest BCUT2D eigenvalue weighted by molar-refractivity contribution is -0.126.